The maximum Gasteiger partial charge on any atom is 0.124 e. The van der Waals surface area contributed by atoms with Gasteiger partial charge >= 0.3 is 0 Å². The summed E-state index contributed by atoms with van der Waals surface area (Å²) < 4.78 is 0. The van der Waals surface area contributed by atoms with Gasteiger partial charge in [-0.1, -0.05) is 130 Å². The SMILES string of the molecule is CCCCCCCCCCCCC=CC(CCCC)(OOC)C(CC)CCCC. The molecule has 0 aliphatic rings. The van der Waals surface area contributed by atoms with Crippen LogP contribution in [0.15, 0.2) is 12.2 Å². The Morgan fingerprint density at radius 2 is 1.24 bits per heavy atom. The third-order valence-electron chi connectivity index (χ3n) is 6.37. The fraction of sp³-hybridized carbons (Fsp3) is 0.926. The third-order valence-corrected chi connectivity index (χ3v) is 6.37. The molecule has 0 aromatic rings. The van der Waals surface area contributed by atoms with Crippen LogP contribution in [0.3, 0.4) is 0 Å². The molecule has 174 valence electrons. The van der Waals surface area contributed by atoms with Gasteiger partial charge in [0.25, 0.3) is 0 Å². The molecule has 0 saturated heterocycles. The predicted octanol–water partition coefficient (Wildman–Crippen LogP) is 9.58. The van der Waals surface area contributed by atoms with Gasteiger partial charge in [-0.05, 0) is 31.6 Å². The first-order valence-electron chi connectivity index (χ1n) is 13.1. The zero-order valence-corrected chi connectivity index (χ0v) is 20.8. The van der Waals surface area contributed by atoms with Gasteiger partial charge in [0, 0.05) is 0 Å². The quantitative estimate of drug-likeness (QED) is 0.0765. The van der Waals surface area contributed by atoms with E-state index in [2.05, 4.69) is 39.8 Å². The Kier molecular flexibility index (Phi) is 20.7. The van der Waals surface area contributed by atoms with E-state index in [1.54, 1.807) is 7.11 Å². The second-order valence-corrected chi connectivity index (χ2v) is 8.93. The van der Waals surface area contributed by atoms with Crippen LogP contribution < -0.4 is 0 Å². The summed E-state index contributed by atoms with van der Waals surface area (Å²) in [6, 6.07) is 0. The minimum atomic E-state index is -0.243. The van der Waals surface area contributed by atoms with Gasteiger partial charge in [0.1, 0.15) is 5.60 Å². The van der Waals surface area contributed by atoms with Crippen molar-refractivity contribution in [3.8, 4) is 0 Å². The van der Waals surface area contributed by atoms with Crippen LogP contribution >= 0.6 is 0 Å². The van der Waals surface area contributed by atoms with Crippen molar-refractivity contribution in [2.45, 2.75) is 149 Å². The lowest BCUT2D eigenvalue weighted by molar-refractivity contribution is -0.345. The Morgan fingerprint density at radius 3 is 1.76 bits per heavy atom. The molecule has 0 radical (unpaired) electrons. The van der Waals surface area contributed by atoms with Gasteiger partial charge in [-0.15, -0.1) is 0 Å². The van der Waals surface area contributed by atoms with E-state index in [-0.39, 0.29) is 5.60 Å². The van der Waals surface area contributed by atoms with Gasteiger partial charge in [0.05, 0.1) is 7.11 Å². The van der Waals surface area contributed by atoms with Gasteiger partial charge in [0.15, 0.2) is 0 Å². The molecule has 0 N–H and O–H groups in total. The van der Waals surface area contributed by atoms with Gasteiger partial charge in [-0.3, -0.25) is 0 Å². The lowest BCUT2D eigenvalue weighted by Gasteiger charge is -2.36. The van der Waals surface area contributed by atoms with Crippen molar-refractivity contribution < 1.29 is 9.78 Å². The molecule has 2 heteroatoms. The molecule has 0 aromatic carbocycles. The van der Waals surface area contributed by atoms with E-state index < -0.39 is 0 Å². The molecule has 0 aromatic heterocycles. The van der Waals surface area contributed by atoms with Crippen LogP contribution in [0.1, 0.15) is 143 Å². The number of hydrogen-bond acceptors (Lipinski definition) is 2. The molecule has 2 atom stereocenters. The van der Waals surface area contributed by atoms with E-state index in [9.17, 15) is 0 Å². The van der Waals surface area contributed by atoms with Crippen LogP contribution in [0.4, 0.5) is 0 Å². The Bertz CT molecular complexity index is 352. The maximum atomic E-state index is 5.99. The summed E-state index contributed by atoms with van der Waals surface area (Å²) in [6.45, 7) is 9.13. The minimum absolute atomic E-state index is 0.243. The van der Waals surface area contributed by atoms with E-state index >= 15 is 0 Å². The average molecular weight is 411 g/mol. The highest BCUT2D eigenvalue weighted by Crippen LogP contribution is 2.36. The van der Waals surface area contributed by atoms with Gasteiger partial charge in [0.2, 0.25) is 0 Å². The van der Waals surface area contributed by atoms with Gasteiger partial charge in [-0.2, -0.15) is 0 Å². The Hall–Kier alpha value is -0.340. The van der Waals surface area contributed by atoms with Crippen molar-refractivity contribution in [3.63, 3.8) is 0 Å². The van der Waals surface area contributed by atoms with Crippen LogP contribution in [0.5, 0.6) is 0 Å². The standard InChI is InChI=1S/C27H54O2/c1-6-10-13-14-15-16-17-18-19-20-21-22-25-27(29-28-5,24-12-8-3)26(9-4)23-11-7-2/h22,25-26H,6-21,23-24H2,1-5H3. The Morgan fingerprint density at radius 1 is 0.690 bits per heavy atom. The largest absolute Gasteiger partial charge is 0.239 e. The molecule has 2 unspecified atom stereocenters. The zero-order valence-electron chi connectivity index (χ0n) is 20.8. The lowest BCUT2D eigenvalue weighted by atomic mass is 9.78. The molecule has 0 amide bonds. The number of hydrogen-bond donors (Lipinski definition) is 0. The molecule has 0 aliphatic carbocycles. The summed E-state index contributed by atoms with van der Waals surface area (Å²) in [6.07, 6.45) is 28.2. The summed E-state index contributed by atoms with van der Waals surface area (Å²) in [4.78, 5) is 11.3. The minimum Gasteiger partial charge on any atom is -0.239 e. The molecule has 0 aliphatic heterocycles. The molecule has 0 rings (SSSR count). The second-order valence-electron chi connectivity index (χ2n) is 8.93. The topological polar surface area (TPSA) is 18.5 Å². The normalized spacial score (nSPS) is 15.1. The second kappa shape index (κ2) is 20.9. The summed E-state index contributed by atoms with van der Waals surface area (Å²) >= 11 is 0. The highest BCUT2D eigenvalue weighted by Gasteiger charge is 2.36. The Labute approximate surface area is 184 Å². The van der Waals surface area contributed by atoms with Crippen molar-refractivity contribution in [2.75, 3.05) is 7.11 Å². The first-order valence-corrected chi connectivity index (χ1v) is 13.1. The van der Waals surface area contributed by atoms with Gasteiger partial charge in [-0.25, -0.2) is 9.78 Å². The molecule has 29 heavy (non-hydrogen) atoms. The monoisotopic (exact) mass is 410 g/mol. The van der Waals surface area contributed by atoms with E-state index in [0.717, 1.165) is 12.8 Å². The summed E-state index contributed by atoms with van der Waals surface area (Å²) in [5, 5.41) is 0. The van der Waals surface area contributed by atoms with Crippen molar-refractivity contribution >= 4 is 0 Å². The van der Waals surface area contributed by atoms with Gasteiger partial charge < -0.3 is 0 Å². The Balaban J connectivity index is 4.38. The lowest BCUT2D eigenvalue weighted by Crippen LogP contribution is -2.39. The highest BCUT2D eigenvalue weighted by atomic mass is 17.2. The van der Waals surface area contributed by atoms with Crippen molar-refractivity contribution in [3.05, 3.63) is 12.2 Å². The van der Waals surface area contributed by atoms with E-state index in [4.69, 9.17) is 9.78 Å². The fourth-order valence-corrected chi connectivity index (χ4v) is 4.45. The van der Waals surface area contributed by atoms with Crippen molar-refractivity contribution in [1.82, 2.24) is 0 Å². The van der Waals surface area contributed by atoms with Crippen LogP contribution in [0.2, 0.25) is 0 Å². The van der Waals surface area contributed by atoms with Crippen LogP contribution in [0, 0.1) is 5.92 Å². The predicted molar refractivity (Wildman–Crippen MR) is 129 cm³/mol. The molecule has 0 spiro atoms. The first kappa shape index (κ1) is 28.7. The fourth-order valence-electron chi connectivity index (χ4n) is 4.45. The molecule has 0 bridgehead atoms. The molecule has 0 heterocycles. The average Bonchev–Trinajstić information content (AvgIpc) is 2.73. The third kappa shape index (κ3) is 14.3. The summed E-state index contributed by atoms with van der Waals surface area (Å²) in [5.41, 5.74) is -0.243. The molecule has 2 nitrogen and oxygen atoms in total. The summed E-state index contributed by atoms with van der Waals surface area (Å²) in [5.74, 6) is 0.540. The molecule has 0 saturated carbocycles. The van der Waals surface area contributed by atoms with Crippen LogP contribution in [-0.4, -0.2) is 12.7 Å². The van der Waals surface area contributed by atoms with Crippen molar-refractivity contribution in [2.24, 2.45) is 5.92 Å². The smallest absolute Gasteiger partial charge is 0.124 e. The zero-order chi connectivity index (χ0) is 21.6. The molecular formula is C27H54O2. The number of allylic oxidation sites excluding steroid dienone is 1. The maximum absolute atomic E-state index is 5.99. The van der Waals surface area contributed by atoms with Crippen LogP contribution in [0.25, 0.3) is 0 Å². The molecule has 0 fully saturated rings. The highest BCUT2D eigenvalue weighted by molar-refractivity contribution is 5.05. The van der Waals surface area contributed by atoms with Crippen molar-refractivity contribution in [1.29, 1.82) is 0 Å². The van der Waals surface area contributed by atoms with E-state index in [1.807, 2.05) is 0 Å². The van der Waals surface area contributed by atoms with E-state index in [0.29, 0.717) is 5.92 Å². The number of rotatable bonds is 22. The number of unbranched alkanes of at least 4 members (excludes halogenated alkanes) is 12. The van der Waals surface area contributed by atoms with E-state index in [1.165, 1.54) is 103 Å². The van der Waals surface area contributed by atoms with Crippen LogP contribution in [-0.2, 0) is 9.78 Å². The first-order chi connectivity index (χ1) is 14.2. The molecular weight excluding hydrogens is 356 g/mol. The summed E-state index contributed by atoms with van der Waals surface area (Å²) in [7, 11) is 1.67.